The van der Waals surface area contributed by atoms with Gasteiger partial charge in [-0.1, -0.05) is 18.2 Å². The van der Waals surface area contributed by atoms with Crippen molar-refractivity contribution >= 4 is 23.1 Å². The van der Waals surface area contributed by atoms with E-state index in [-0.39, 0.29) is 23.6 Å². The van der Waals surface area contributed by atoms with E-state index in [9.17, 15) is 9.59 Å². The Labute approximate surface area is 244 Å². The van der Waals surface area contributed by atoms with Crippen molar-refractivity contribution in [3.8, 4) is 17.2 Å². The minimum absolute atomic E-state index is 0.00728. The molecule has 2 aromatic heterocycles. The van der Waals surface area contributed by atoms with E-state index in [0.717, 1.165) is 38.2 Å². The molecule has 4 heterocycles. The predicted octanol–water partition coefficient (Wildman–Crippen LogP) is 4.46. The second-order valence-corrected chi connectivity index (χ2v) is 12.1. The molecule has 0 radical (unpaired) electrons. The van der Waals surface area contributed by atoms with Gasteiger partial charge in [-0.2, -0.15) is 0 Å². The Morgan fingerprint density at radius 3 is 2.31 bits per heavy atom. The number of amides is 1. The first-order valence-corrected chi connectivity index (χ1v) is 14.4. The topological polar surface area (TPSA) is 121 Å². The van der Waals surface area contributed by atoms with Gasteiger partial charge in [0, 0.05) is 44.7 Å². The van der Waals surface area contributed by atoms with Gasteiger partial charge in [0.15, 0.2) is 11.5 Å². The zero-order valence-corrected chi connectivity index (χ0v) is 24.3. The average Bonchev–Trinajstić information content (AvgIpc) is 3.24. The van der Waals surface area contributed by atoms with Crippen LogP contribution in [0.25, 0.3) is 16.9 Å². The highest BCUT2D eigenvalue weighted by Gasteiger charge is 2.36. The molecule has 2 aliphatic rings. The molecule has 6 rings (SSSR count). The molecule has 2 aromatic carbocycles. The maximum atomic E-state index is 13.9. The number of hydrogen-bond donors (Lipinski definition) is 1. The fourth-order valence-corrected chi connectivity index (χ4v) is 5.81. The number of imidazole rings is 1. The maximum Gasteiger partial charge on any atom is 0.410 e. The predicted molar refractivity (Wildman–Crippen MR) is 160 cm³/mol. The van der Waals surface area contributed by atoms with E-state index >= 15 is 0 Å². The maximum absolute atomic E-state index is 13.9. The van der Waals surface area contributed by atoms with E-state index in [2.05, 4.69) is 14.9 Å². The summed E-state index contributed by atoms with van der Waals surface area (Å²) in [6.07, 6.45) is 2.80. The molecule has 0 spiro atoms. The van der Waals surface area contributed by atoms with Gasteiger partial charge in [-0.05, 0) is 70.0 Å². The lowest BCUT2D eigenvalue weighted by atomic mass is 9.97. The highest BCUT2D eigenvalue weighted by molar-refractivity contribution is 5.84. The second kappa shape index (κ2) is 11.1. The first kappa shape index (κ1) is 27.8. The van der Waals surface area contributed by atoms with Gasteiger partial charge in [-0.3, -0.25) is 9.13 Å². The molecule has 0 aliphatic carbocycles. The molecular formula is C31H37N7O4. The lowest BCUT2D eigenvalue weighted by molar-refractivity contribution is -0.00791. The minimum atomic E-state index is -0.485. The lowest BCUT2D eigenvalue weighted by Crippen LogP contribution is -2.55. The van der Waals surface area contributed by atoms with Crippen molar-refractivity contribution in [3.63, 3.8) is 0 Å². The zero-order chi connectivity index (χ0) is 29.4. The normalized spacial score (nSPS) is 16.9. The van der Waals surface area contributed by atoms with Crippen LogP contribution in [0.15, 0.2) is 65.7 Å². The second-order valence-electron chi connectivity index (χ2n) is 12.1. The Morgan fingerprint density at radius 1 is 0.976 bits per heavy atom. The van der Waals surface area contributed by atoms with Crippen molar-refractivity contribution in [3.05, 3.63) is 71.4 Å². The van der Waals surface area contributed by atoms with Crippen LogP contribution in [-0.2, 0) is 4.74 Å². The quantitative estimate of drug-likeness (QED) is 0.360. The number of para-hydroxylation sites is 1. The average molecular weight is 572 g/mol. The molecule has 0 unspecified atom stereocenters. The Hall–Kier alpha value is -4.38. The summed E-state index contributed by atoms with van der Waals surface area (Å²) < 4.78 is 14.8. The summed E-state index contributed by atoms with van der Waals surface area (Å²) in [7, 11) is 0. The van der Waals surface area contributed by atoms with Crippen molar-refractivity contribution in [2.24, 2.45) is 5.92 Å². The van der Waals surface area contributed by atoms with Crippen LogP contribution in [0.3, 0.4) is 0 Å². The number of benzene rings is 2. The smallest absolute Gasteiger partial charge is 0.410 e. The van der Waals surface area contributed by atoms with Crippen LogP contribution in [0.1, 0.15) is 39.7 Å². The number of nitrogen functional groups attached to an aromatic ring is 1. The first-order valence-electron chi connectivity index (χ1n) is 14.4. The zero-order valence-electron chi connectivity index (χ0n) is 24.3. The van der Waals surface area contributed by atoms with Gasteiger partial charge in [-0.25, -0.2) is 19.6 Å². The summed E-state index contributed by atoms with van der Waals surface area (Å²) in [6, 6.07) is 16.9. The van der Waals surface area contributed by atoms with Gasteiger partial charge in [-0.15, -0.1) is 0 Å². The van der Waals surface area contributed by atoms with Gasteiger partial charge in [0.2, 0.25) is 0 Å². The molecule has 2 saturated heterocycles. The lowest BCUT2D eigenvalue weighted by Gasteiger charge is -2.43. The molecule has 220 valence electrons. The fourth-order valence-electron chi connectivity index (χ4n) is 5.81. The number of fused-ring (bicyclic) bond motifs is 1. The summed E-state index contributed by atoms with van der Waals surface area (Å²) in [5.41, 5.74) is 7.37. The van der Waals surface area contributed by atoms with Crippen LogP contribution >= 0.6 is 0 Å². The number of carbonyl (C=O) groups excluding carboxylic acids is 1. The third kappa shape index (κ3) is 5.69. The Kier molecular flexibility index (Phi) is 7.36. The van der Waals surface area contributed by atoms with Crippen LogP contribution in [-0.4, -0.2) is 73.3 Å². The van der Waals surface area contributed by atoms with Gasteiger partial charge in [0.1, 0.15) is 28.9 Å². The van der Waals surface area contributed by atoms with Crippen molar-refractivity contribution in [1.29, 1.82) is 0 Å². The van der Waals surface area contributed by atoms with E-state index in [4.69, 9.17) is 15.2 Å². The van der Waals surface area contributed by atoms with Crippen LogP contribution in [0.2, 0.25) is 0 Å². The van der Waals surface area contributed by atoms with Crippen molar-refractivity contribution in [2.45, 2.75) is 45.3 Å². The van der Waals surface area contributed by atoms with E-state index in [1.54, 1.807) is 14.0 Å². The van der Waals surface area contributed by atoms with E-state index in [1.165, 1.54) is 6.33 Å². The largest absolute Gasteiger partial charge is 0.457 e. The van der Waals surface area contributed by atoms with E-state index in [0.29, 0.717) is 41.6 Å². The van der Waals surface area contributed by atoms with Gasteiger partial charge in [0.25, 0.3) is 0 Å². The monoisotopic (exact) mass is 571 g/mol. The number of nitrogens with two attached hydrogens (primary N) is 1. The molecule has 0 atom stereocenters. The molecule has 11 heteroatoms. The fraction of sp³-hybridized carbons (Fsp3) is 0.419. The van der Waals surface area contributed by atoms with Crippen molar-refractivity contribution < 1.29 is 14.3 Å². The number of ether oxygens (including phenoxy) is 2. The molecule has 0 bridgehead atoms. The summed E-state index contributed by atoms with van der Waals surface area (Å²) >= 11 is 0. The number of hydrogen-bond acceptors (Lipinski definition) is 8. The number of aromatic nitrogens is 4. The summed E-state index contributed by atoms with van der Waals surface area (Å²) in [4.78, 5) is 39.1. The molecule has 0 saturated carbocycles. The van der Waals surface area contributed by atoms with Crippen LogP contribution < -0.4 is 16.2 Å². The Morgan fingerprint density at radius 2 is 1.64 bits per heavy atom. The summed E-state index contributed by atoms with van der Waals surface area (Å²) in [6.45, 7) is 9.72. The number of nitrogens with zero attached hydrogens (tertiary/aromatic N) is 6. The number of carbonyl (C=O) groups is 1. The third-order valence-electron chi connectivity index (χ3n) is 7.80. The standard InChI is InChI=1S/C31H37N7O4/c1-31(2,3)42-30(40)36-18-21(19-36)17-35-15-13-23(14-16-35)38-28-26(27(32)33-20-34-28)37(29(38)39)22-9-11-25(12-10-22)41-24-7-5-4-6-8-24/h4-12,20-21,23H,13-19H2,1-3H3,(H2,32,33,34). The molecule has 2 N–H and O–H groups in total. The third-order valence-corrected chi connectivity index (χ3v) is 7.80. The summed E-state index contributed by atoms with van der Waals surface area (Å²) in [5, 5.41) is 0. The molecule has 4 aromatic rings. The molecular weight excluding hydrogens is 534 g/mol. The molecule has 42 heavy (non-hydrogen) atoms. The van der Waals surface area contributed by atoms with E-state index in [1.807, 2.05) is 75.4 Å². The Balaban J connectivity index is 1.15. The number of anilines is 1. The van der Waals surface area contributed by atoms with Crippen molar-refractivity contribution in [2.75, 3.05) is 38.5 Å². The Bertz CT molecular complexity index is 1610. The molecule has 1 amide bonds. The van der Waals surface area contributed by atoms with Gasteiger partial charge < -0.3 is 25.0 Å². The molecule has 11 nitrogen and oxygen atoms in total. The van der Waals surface area contributed by atoms with Crippen molar-refractivity contribution in [1.82, 2.24) is 28.9 Å². The van der Waals surface area contributed by atoms with Crippen LogP contribution in [0.5, 0.6) is 11.5 Å². The first-order chi connectivity index (χ1) is 20.2. The summed E-state index contributed by atoms with van der Waals surface area (Å²) in [5.74, 6) is 2.09. The van der Waals surface area contributed by atoms with Gasteiger partial charge >= 0.3 is 11.8 Å². The molecule has 2 fully saturated rings. The number of rotatable bonds is 6. The minimum Gasteiger partial charge on any atom is -0.457 e. The van der Waals surface area contributed by atoms with Crippen LogP contribution in [0.4, 0.5) is 10.6 Å². The highest BCUT2D eigenvalue weighted by atomic mass is 16.6. The SMILES string of the molecule is CC(C)(C)OC(=O)N1CC(CN2CCC(n3c(=O)n(-c4ccc(Oc5ccccc5)cc4)c4c(N)ncnc43)CC2)C1. The highest BCUT2D eigenvalue weighted by Crippen LogP contribution is 2.30. The van der Waals surface area contributed by atoms with Gasteiger partial charge in [0.05, 0.1) is 5.69 Å². The number of likely N-dealkylation sites (tertiary alicyclic amines) is 2. The number of piperidine rings is 1. The van der Waals surface area contributed by atoms with Crippen LogP contribution in [0, 0.1) is 5.92 Å². The molecule has 2 aliphatic heterocycles. The van der Waals surface area contributed by atoms with E-state index < -0.39 is 5.60 Å².